The SMILES string of the molecule is O=c1[nH]nc2c3c(nc(-c4ccc(Cl)cc4)cc13)CCC2. The monoisotopic (exact) mass is 297 g/mol. The lowest BCUT2D eigenvalue weighted by Gasteiger charge is -2.16. The van der Waals surface area contributed by atoms with Gasteiger partial charge in [0.2, 0.25) is 0 Å². The number of aryl methyl sites for hydroxylation is 2. The third-order valence-electron chi connectivity index (χ3n) is 3.89. The van der Waals surface area contributed by atoms with Gasteiger partial charge in [0.15, 0.2) is 0 Å². The molecule has 0 aliphatic heterocycles. The molecule has 4 nitrogen and oxygen atoms in total. The molecule has 0 spiro atoms. The van der Waals surface area contributed by atoms with Crippen LogP contribution in [0.4, 0.5) is 0 Å². The van der Waals surface area contributed by atoms with E-state index in [0.717, 1.165) is 47.3 Å². The minimum Gasteiger partial charge on any atom is -0.267 e. The zero-order chi connectivity index (χ0) is 14.4. The number of benzene rings is 1. The van der Waals surface area contributed by atoms with Crippen LogP contribution in [0, 0.1) is 0 Å². The molecule has 3 aromatic rings. The van der Waals surface area contributed by atoms with Crippen molar-refractivity contribution in [1.29, 1.82) is 0 Å². The van der Waals surface area contributed by atoms with Crippen LogP contribution in [-0.4, -0.2) is 15.2 Å². The van der Waals surface area contributed by atoms with Crippen LogP contribution in [0.25, 0.3) is 22.0 Å². The van der Waals surface area contributed by atoms with Crippen molar-refractivity contribution >= 4 is 22.4 Å². The van der Waals surface area contributed by atoms with Gasteiger partial charge in [-0.25, -0.2) is 5.10 Å². The van der Waals surface area contributed by atoms with Gasteiger partial charge in [-0.2, -0.15) is 5.10 Å². The van der Waals surface area contributed by atoms with Gasteiger partial charge in [-0.05, 0) is 37.5 Å². The van der Waals surface area contributed by atoms with Crippen molar-refractivity contribution in [2.45, 2.75) is 19.3 Å². The summed E-state index contributed by atoms with van der Waals surface area (Å²) >= 11 is 5.92. The standard InChI is InChI=1S/C16H12ClN3O/c17-10-6-4-9(5-7-10)14-8-11-15-12(18-14)2-1-3-13(15)19-20-16(11)21/h4-8H,1-3H2,(H,20,21). The maximum Gasteiger partial charge on any atom is 0.272 e. The molecule has 2 heterocycles. The highest BCUT2D eigenvalue weighted by Crippen LogP contribution is 2.29. The number of halogens is 1. The fourth-order valence-corrected chi connectivity index (χ4v) is 3.01. The highest BCUT2D eigenvalue weighted by Gasteiger charge is 2.18. The molecule has 0 radical (unpaired) electrons. The zero-order valence-electron chi connectivity index (χ0n) is 11.2. The van der Waals surface area contributed by atoms with Gasteiger partial charge >= 0.3 is 0 Å². The first-order valence-electron chi connectivity index (χ1n) is 6.89. The Bertz CT molecular complexity index is 900. The van der Waals surface area contributed by atoms with Crippen molar-refractivity contribution in [2.75, 3.05) is 0 Å². The normalized spacial score (nSPS) is 13.6. The first kappa shape index (κ1) is 12.5. The van der Waals surface area contributed by atoms with Gasteiger partial charge in [0, 0.05) is 16.0 Å². The lowest BCUT2D eigenvalue weighted by molar-refractivity contribution is 0.746. The number of rotatable bonds is 1. The molecule has 0 unspecified atom stereocenters. The minimum absolute atomic E-state index is 0.158. The Morgan fingerprint density at radius 3 is 2.67 bits per heavy atom. The van der Waals surface area contributed by atoms with Gasteiger partial charge in [-0.3, -0.25) is 9.78 Å². The largest absolute Gasteiger partial charge is 0.272 e. The van der Waals surface area contributed by atoms with E-state index in [9.17, 15) is 4.79 Å². The molecule has 1 aliphatic carbocycles. The van der Waals surface area contributed by atoms with Crippen LogP contribution in [0.3, 0.4) is 0 Å². The van der Waals surface area contributed by atoms with Crippen molar-refractivity contribution in [3.63, 3.8) is 0 Å². The molecule has 0 fully saturated rings. The van der Waals surface area contributed by atoms with Gasteiger partial charge in [0.05, 0.1) is 22.5 Å². The van der Waals surface area contributed by atoms with E-state index in [2.05, 4.69) is 10.2 Å². The van der Waals surface area contributed by atoms with Gasteiger partial charge in [-0.1, -0.05) is 23.7 Å². The molecule has 104 valence electrons. The zero-order valence-corrected chi connectivity index (χ0v) is 11.9. The van der Waals surface area contributed by atoms with Gasteiger partial charge in [0.25, 0.3) is 5.56 Å². The Morgan fingerprint density at radius 2 is 1.86 bits per heavy atom. The summed E-state index contributed by atoms with van der Waals surface area (Å²) in [6, 6.07) is 9.34. The molecule has 0 saturated heterocycles. The Hall–Kier alpha value is -2.20. The predicted molar refractivity (Wildman–Crippen MR) is 82.6 cm³/mol. The van der Waals surface area contributed by atoms with Gasteiger partial charge in [0.1, 0.15) is 0 Å². The number of hydrogen-bond acceptors (Lipinski definition) is 3. The number of aromatic nitrogens is 3. The maximum atomic E-state index is 12.1. The molecule has 2 aromatic heterocycles. The average Bonchev–Trinajstić information content (AvgIpc) is 2.51. The van der Waals surface area contributed by atoms with E-state index < -0.39 is 0 Å². The summed E-state index contributed by atoms with van der Waals surface area (Å²) in [5, 5.41) is 9.04. The summed E-state index contributed by atoms with van der Waals surface area (Å²) in [7, 11) is 0. The van der Waals surface area contributed by atoms with E-state index in [4.69, 9.17) is 16.6 Å². The molecule has 0 atom stereocenters. The van der Waals surface area contributed by atoms with Crippen LogP contribution in [0.5, 0.6) is 0 Å². The second-order valence-corrected chi connectivity index (χ2v) is 5.67. The lowest BCUT2D eigenvalue weighted by Crippen LogP contribution is -2.16. The highest BCUT2D eigenvalue weighted by molar-refractivity contribution is 6.30. The van der Waals surface area contributed by atoms with Crippen molar-refractivity contribution in [3.8, 4) is 11.3 Å². The number of pyridine rings is 1. The number of aromatic amines is 1. The highest BCUT2D eigenvalue weighted by atomic mass is 35.5. The summed E-state index contributed by atoms with van der Waals surface area (Å²) in [4.78, 5) is 16.8. The second kappa shape index (κ2) is 4.67. The van der Waals surface area contributed by atoms with Crippen LogP contribution in [0.2, 0.25) is 5.02 Å². The van der Waals surface area contributed by atoms with Crippen molar-refractivity contribution in [1.82, 2.24) is 15.2 Å². The summed E-state index contributed by atoms with van der Waals surface area (Å²) in [5.41, 5.74) is 3.52. The van der Waals surface area contributed by atoms with Crippen molar-refractivity contribution in [2.24, 2.45) is 0 Å². The second-order valence-electron chi connectivity index (χ2n) is 5.24. The number of hydrogen-bond donors (Lipinski definition) is 1. The van der Waals surface area contributed by atoms with Gasteiger partial charge in [-0.15, -0.1) is 0 Å². The van der Waals surface area contributed by atoms with Crippen LogP contribution >= 0.6 is 11.6 Å². The molecule has 0 saturated carbocycles. The van der Waals surface area contributed by atoms with E-state index in [-0.39, 0.29) is 5.56 Å². The molecule has 5 heteroatoms. The average molecular weight is 298 g/mol. The van der Waals surface area contributed by atoms with Crippen LogP contribution in [-0.2, 0) is 12.8 Å². The first-order valence-corrected chi connectivity index (χ1v) is 7.27. The fraction of sp³-hybridized carbons (Fsp3) is 0.188. The van der Waals surface area contributed by atoms with E-state index in [1.54, 1.807) is 0 Å². The summed E-state index contributed by atoms with van der Waals surface area (Å²) in [5.74, 6) is 0. The molecule has 1 aromatic carbocycles. The Morgan fingerprint density at radius 1 is 1.10 bits per heavy atom. The van der Waals surface area contributed by atoms with Crippen LogP contribution < -0.4 is 5.56 Å². The van der Waals surface area contributed by atoms with Crippen molar-refractivity contribution < 1.29 is 0 Å². The molecular formula is C16H12ClN3O. The summed E-state index contributed by atoms with van der Waals surface area (Å²) in [6.07, 6.45) is 2.79. The molecular weight excluding hydrogens is 286 g/mol. The molecule has 0 bridgehead atoms. The quantitative estimate of drug-likeness (QED) is 0.751. The summed E-state index contributed by atoms with van der Waals surface area (Å²) < 4.78 is 0. The summed E-state index contributed by atoms with van der Waals surface area (Å²) in [6.45, 7) is 0. The molecule has 1 N–H and O–H groups in total. The third kappa shape index (κ3) is 2.03. The van der Waals surface area contributed by atoms with E-state index in [1.807, 2.05) is 30.3 Å². The Kier molecular flexibility index (Phi) is 2.79. The van der Waals surface area contributed by atoms with Crippen LogP contribution in [0.15, 0.2) is 35.1 Å². The molecule has 4 rings (SSSR count). The predicted octanol–water partition coefficient (Wildman–Crippen LogP) is 3.13. The molecule has 1 aliphatic rings. The van der Waals surface area contributed by atoms with E-state index in [0.29, 0.717) is 10.4 Å². The van der Waals surface area contributed by atoms with Crippen LogP contribution in [0.1, 0.15) is 17.8 Å². The van der Waals surface area contributed by atoms with Gasteiger partial charge < -0.3 is 0 Å². The Balaban J connectivity index is 2.03. The Labute approximate surface area is 125 Å². The lowest BCUT2D eigenvalue weighted by atomic mass is 9.95. The van der Waals surface area contributed by atoms with E-state index >= 15 is 0 Å². The third-order valence-corrected chi connectivity index (χ3v) is 4.14. The number of H-pyrrole nitrogens is 1. The number of nitrogens with zero attached hydrogens (tertiary/aromatic N) is 2. The molecule has 0 amide bonds. The van der Waals surface area contributed by atoms with Crippen molar-refractivity contribution in [3.05, 3.63) is 57.1 Å². The first-order chi connectivity index (χ1) is 10.2. The minimum atomic E-state index is -0.158. The molecule has 21 heavy (non-hydrogen) atoms. The smallest absolute Gasteiger partial charge is 0.267 e. The fourth-order valence-electron chi connectivity index (χ4n) is 2.89. The van der Waals surface area contributed by atoms with E-state index in [1.165, 1.54) is 0 Å². The maximum absolute atomic E-state index is 12.1. The number of nitrogens with one attached hydrogen (secondary N) is 1. The topological polar surface area (TPSA) is 58.6 Å².